The molecular weight excluding hydrogens is 290 g/mol. The lowest BCUT2D eigenvalue weighted by molar-refractivity contribution is 0.251. The summed E-state index contributed by atoms with van der Waals surface area (Å²) < 4.78 is 5.05. The maximum absolute atomic E-state index is 11.8. The minimum Gasteiger partial charge on any atom is -0.497 e. The summed E-state index contributed by atoms with van der Waals surface area (Å²) in [4.78, 5) is 16.1. The van der Waals surface area contributed by atoms with Crippen LogP contribution in [0.3, 0.4) is 0 Å². The predicted octanol–water partition coefficient (Wildman–Crippen LogP) is 3.37. The molecule has 0 aliphatic rings. The van der Waals surface area contributed by atoms with Gasteiger partial charge in [0.05, 0.1) is 30.1 Å². The van der Waals surface area contributed by atoms with E-state index in [-0.39, 0.29) is 6.03 Å². The summed E-state index contributed by atoms with van der Waals surface area (Å²) in [5, 5.41) is 5.82. The minimum atomic E-state index is -0.342. The molecule has 0 atom stereocenters. The molecule has 110 valence electrons. The number of pyridine rings is 1. The number of hydrogen-bond acceptors (Lipinski definition) is 3. The molecule has 1 aromatic heterocycles. The number of nitrogens with one attached hydrogen (secondary N) is 2. The van der Waals surface area contributed by atoms with Gasteiger partial charge in [0.2, 0.25) is 0 Å². The van der Waals surface area contributed by atoms with E-state index in [1.165, 1.54) is 0 Å². The van der Waals surface area contributed by atoms with Crippen LogP contribution in [-0.4, -0.2) is 18.1 Å². The van der Waals surface area contributed by atoms with Crippen LogP contribution in [0.1, 0.15) is 11.4 Å². The maximum atomic E-state index is 11.8. The number of amides is 2. The van der Waals surface area contributed by atoms with Crippen molar-refractivity contribution in [1.29, 1.82) is 0 Å². The van der Waals surface area contributed by atoms with E-state index in [0.717, 1.165) is 11.4 Å². The molecule has 0 bridgehead atoms. The number of nitrogens with zero attached hydrogens (tertiary/aromatic N) is 1. The van der Waals surface area contributed by atoms with Crippen molar-refractivity contribution in [3.8, 4) is 5.75 Å². The Bertz CT molecular complexity index is 647. The number of carbonyl (C=O) groups excluding carboxylic acids is 1. The predicted molar refractivity (Wildman–Crippen MR) is 82.8 cm³/mol. The Kier molecular flexibility index (Phi) is 5.00. The molecule has 0 spiro atoms. The van der Waals surface area contributed by atoms with E-state index < -0.39 is 0 Å². The van der Waals surface area contributed by atoms with Crippen molar-refractivity contribution in [2.75, 3.05) is 12.4 Å². The van der Waals surface area contributed by atoms with Gasteiger partial charge in [0.1, 0.15) is 5.75 Å². The highest BCUT2D eigenvalue weighted by Crippen LogP contribution is 2.26. The Morgan fingerprint density at radius 3 is 2.81 bits per heavy atom. The second-order valence-corrected chi connectivity index (χ2v) is 4.83. The van der Waals surface area contributed by atoms with Gasteiger partial charge in [-0.3, -0.25) is 4.98 Å². The van der Waals surface area contributed by atoms with Crippen LogP contribution in [0.2, 0.25) is 5.02 Å². The Morgan fingerprint density at radius 2 is 2.14 bits per heavy atom. The molecule has 0 fully saturated rings. The molecule has 2 aromatic rings. The number of rotatable bonds is 4. The molecule has 2 amide bonds. The van der Waals surface area contributed by atoms with E-state index in [1.54, 1.807) is 25.3 Å². The number of aryl methyl sites for hydroxylation is 1. The summed E-state index contributed by atoms with van der Waals surface area (Å²) >= 11 is 6.06. The van der Waals surface area contributed by atoms with Gasteiger partial charge in [-0.25, -0.2) is 4.79 Å². The van der Waals surface area contributed by atoms with Gasteiger partial charge in [-0.2, -0.15) is 0 Å². The van der Waals surface area contributed by atoms with Gasteiger partial charge in [-0.15, -0.1) is 0 Å². The van der Waals surface area contributed by atoms with Crippen LogP contribution in [0.4, 0.5) is 10.5 Å². The summed E-state index contributed by atoms with van der Waals surface area (Å²) in [5.74, 6) is 0.634. The number of halogens is 1. The molecule has 1 aromatic carbocycles. The number of anilines is 1. The van der Waals surface area contributed by atoms with Gasteiger partial charge in [0.15, 0.2) is 0 Å². The summed E-state index contributed by atoms with van der Waals surface area (Å²) in [7, 11) is 1.56. The zero-order valence-electron chi connectivity index (χ0n) is 11.8. The zero-order valence-corrected chi connectivity index (χ0v) is 12.6. The molecule has 0 aliphatic carbocycles. The van der Waals surface area contributed by atoms with Crippen molar-refractivity contribution in [2.45, 2.75) is 13.5 Å². The molecule has 2 rings (SSSR count). The van der Waals surface area contributed by atoms with E-state index in [9.17, 15) is 4.79 Å². The number of methoxy groups -OCH3 is 1. The highest BCUT2D eigenvalue weighted by molar-refractivity contribution is 6.33. The van der Waals surface area contributed by atoms with Crippen LogP contribution < -0.4 is 15.4 Å². The minimum absolute atomic E-state index is 0.342. The third-order valence-corrected chi connectivity index (χ3v) is 3.11. The first-order chi connectivity index (χ1) is 10.1. The molecule has 5 nitrogen and oxygen atoms in total. The molecule has 0 radical (unpaired) electrons. The molecule has 6 heteroatoms. The fraction of sp³-hybridized carbons (Fsp3) is 0.200. The SMILES string of the molecule is COc1ccc(NC(=O)NCc2cccc(C)n2)c(Cl)c1. The number of hydrogen-bond donors (Lipinski definition) is 2. The average molecular weight is 306 g/mol. The van der Waals surface area contributed by atoms with E-state index in [0.29, 0.717) is 23.0 Å². The van der Waals surface area contributed by atoms with Crippen LogP contribution in [-0.2, 0) is 6.54 Å². The number of aromatic nitrogens is 1. The van der Waals surface area contributed by atoms with Crippen LogP contribution in [0, 0.1) is 6.92 Å². The van der Waals surface area contributed by atoms with Crippen molar-refractivity contribution in [3.05, 3.63) is 52.8 Å². The van der Waals surface area contributed by atoms with Crippen LogP contribution in [0.25, 0.3) is 0 Å². The molecule has 0 saturated carbocycles. The Hall–Kier alpha value is -2.27. The molecule has 1 heterocycles. The monoisotopic (exact) mass is 305 g/mol. The van der Waals surface area contributed by atoms with Gasteiger partial charge < -0.3 is 15.4 Å². The first-order valence-electron chi connectivity index (χ1n) is 6.39. The molecule has 21 heavy (non-hydrogen) atoms. The van der Waals surface area contributed by atoms with Gasteiger partial charge >= 0.3 is 6.03 Å². The average Bonchev–Trinajstić information content (AvgIpc) is 2.47. The summed E-state index contributed by atoms with van der Waals surface area (Å²) in [6, 6.07) is 10.4. The van der Waals surface area contributed by atoms with Crippen LogP contribution >= 0.6 is 11.6 Å². The Balaban J connectivity index is 1.93. The largest absolute Gasteiger partial charge is 0.497 e. The highest BCUT2D eigenvalue weighted by Gasteiger charge is 2.07. The maximum Gasteiger partial charge on any atom is 0.319 e. The fourth-order valence-corrected chi connectivity index (χ4v) is 1.98. The van der Waals surface area contributed by atoms with E-state index in [2.05, 4.69) is 15.6 Å². The third-order valence-electron chi connectivity index (χ3n) is 2.80. The van der Waals surface area contributed by atoms with Crippen molar-refractivity contribution in [2.24, 2.45) is 0 Å². The Labute approximate surface area is 128 Å². The zero-order chi connectivity index (χ0) is 15.2. The quantitative estimate of drug-likeness (QED) is 0.910. The van der Waals surface area contributed by atoms with Crippen molar-refractivity contribution in [3.63, 3.8) is 0 Å². The van der Waals surface area contributed by atoms with Gasteiger partial charge in [0.25, 0.3) is 0 Å². The third kappa shape index (κ3) is 4.36. The van der Waals surface area contributed by atoms with Crippen molar-refractivity contribution >= 4 is 23.3 Å². The van der Waals surface area contributed by atoms with Gasteiger partial charge in [0, 0.05) is 11.8 Å². The van der Waals surface area contributed by atoms with Crippen LogP contribution in [0.15, 0.2) is 36.4 Å². The number of urea groups is 1. The molecule has 2 N–H and O–H groups in total. The second-order valence-electron chi connectivity index (χ2n) is 4.42. The smallest absolute Gasteiger partial charge is 0.319 e. The standard InChI is InChI=1S/C15H16ClN3O2/c1-10-4-3-5-11(18-10)9-17-15(20)19-14-7-6-12(21-2)8-13(14)16/h3-8H,9H2,1-2H3,(H2,17,19,20). The van der Waals surface area contributed by atoms with Gasteiger partial charge in [-0.1, -0.05) is 17.7 Å². The number of ether oxygens (including phenoxy) is 1. The molecule has 0 saturated heterocycles. The number of benzene rings is 1. The van der Waals surface area contributed by atoms with E-state index >= 15 is 0 Å². The molecule has 0 unspecified atom stereocenters. The van der Waals surface area contributed by atoms with E-state index in [4.69, 9.17) is 16.3 Å². The fourth-order valence-electron chi connectivity index (χ4n) is 1.76. The second kappa shape index (κ2) is 6.95. The lowest BCUT2D eigenvalue weighted by Crippen LogP contribution is -2.28. The lowest BCUT2D eigenvalue weighted by atomic mass is 10.3. The summed E-state index contributed by atoms with van der Waals surface area (Å²) in [6.45, 7) is 2.25. The molecular formula is C15H16ClN3O2. The van der Waals surface area contributed by atoms with Crippen LogP contribution in [0.5, 0.6) is 5.75 Å². The lowest BCUT2D eigenvalue weighted by Gasteiger charge is -2.10. The molecule has 0 aliphatic heterocycles. The first-order valence-corrected chi connectivity index (χ1v) is 6.77. The topological polar surface area (TPSA) is 63.2 Å². The van der Waals surface area contributed by atoms with Gasteiger partial charge in [-0.05, 0) is 31.2 Å². The van der Waals surface area contributed by atoms with Crippen molar-refractivity contribution in [1.82, 2.24) is 10.3 Å². The Morgan fingerprint density at radius 1 is 1.33 bits per heavy atom. The van der Waals surface area contributed by atoms with Crippen molar-refractivity contribution < 1.29 is 9.53 Å². The summed E-state index contributed by atoms with van der Waals surface area (Å²) in [6.07, 6.45) is 0. The normalized spacial score (nSPS) is 10.0. The highest BCUT2D eigenvalue weighted by atomic mass is 35.5. The van der Waals surface area contributed by atoms with E-state index in [1.807, 2.05) is 25.1 Å². The number of carbonyl (C=O) groups is 1. The summed E-state index contributed by atoms with van der Waals surface area (Å²) in [5.41, 5.74) is 2.23. The first kappa shape index (κ1) is 15.1.